The number of nitrogens with zero attached hydrogens (tertiary/aromatic N) is 1. The standard InChI is InChI=1S/C43H38N4O5S2/c1-27-18-21-30(22-19-27)38-28(2)53-43(46-38)47-42(50)39(31-12-7-5-8-13-31)54-34-17-11-16-33(26-34)44-41(49)35(45-40(48)32-14-9-6-10-15-32)24-29-20-23-36(51-3)37(25-29)52-4/h5-26,39H,1-4H3,(H,44,49)(H,45,48)(H,46,47,50)/b35-24+. The third-order valence-corrected chi connectivity index (χ3v) is 10.4. The Labute approximate surface area is 322 Å². The fourth-order valence-electron chi connectivity index (χ4n) is 5.53. The van der Waals surface area contributed by atoms with Crippen molar-refractivity contribution in [1.29, 1.82) is 0 Å². The van der Waals surface area contributed by atoms with Crippen LogP contribution in [0, 0.1) is 13.8 Å². The molecule has 1 heterocycles. The van der Waals surface area contributed by atoms with E-state index in [1.165, 1.54) is 37.3 Å². The summed E-state index contributed by atoms with van der Waals surface area (Å²) in [6.07, 6.45) is 1.57. The van der Waals surface area contributed by atoms with Crippen molar-refractivity contribution in [2.75, 3.05) is 24.9 Å². The summed E-state index contributed by atoms with van der Waals surface area (Å²) in [5, 5.41) is 8.62. The number of ether oxygens (including phenoxy) is 2. The van der Waals surface area contributed by atoms with Crippen LogP contribution in [0.1, 0.15) is 37.2 Å². The molecule has 0 saturated heterocycles. The minimum Gasteiger partial charge on any atom is -0.493 e. The van der Waals surface area contributed by atoms with Crippen LogP contribution in [-0.2, 0) is 9.59 Å². The van der Waals surface area contributed by atoms with Gasteiger partial charge in [0.2, 0.25) is 5.91 Å². The molecule has 6 rings (SSSR count). The SMILES string of the molecule is COc1ccc(/C=C(/NC(=O)c2ccccc2)C(=O)Nc2cccc(SC(C(=O)Nc3nc(-c4ccc(C)cc4)c(C)s3)c3ccccc3)c2)cc1OC. The Balaban J connectivity index is 1.24. The molecule has 0 fully saturated rings. The summed E-state index contributed by atoms with van der Waals surface area (Å²) in [6.45, 7) is 4.03. The van der Waals surface area contributed by atoms with Crippen molar-refractivity contribution in [2.45, 2.75) is 24.0 Å². The molecule has 0 aliphatic carbocycles. The van der Waals surface area contributed by atoms with E-state index in [4.69, 9.17) is 14.5 Å². The van der Waals surface area contributed by atoms with E-state index >= 15 is 0 Å². The number of amides is 3. The van der Waals surface area contributed by atoms with Crippen molar-refractivity contribution < 1.29 is 23.9 Å². The smallest absolute Gasteiger partial charge is 0.272 e. The summed E-state index contributed by atoms with van der Waals surface area (Å²) >= 11 is 2.78. The number of anilines is 2. The van der Waals surface area contributed by atoms with Crippen LogP contribution in [0.2, 0.25) is 0 Å². The Bertz CT molecular complexity index is 2290. The van der Waals surface area contributed by atoms with Gasteiger partial charge in [0.1, 0.15) is 10.9 Å². The number of nitrogens with one attached hydrogen (secondary N) is 3. The molecule has 11 heteroatoms. The number of carbonyl (C=O) groups excluding carboxylic acids is 3. The van der Waals surface area contributed by atoms with E-state index in [0.717, 1.165) is 32.2 Å². The fourth-order valence-corrected chi connectivity index (χ4v) is 7.46. The Kier molecular flexibility index (Phi) is 12.2. The first-order valence-electron chi connectivity index (χ1n) is 17.0. The zero-order valence-electron chi connectivity index (χ0n) is 30.1. The Hall–Kier alpha value is -6.17. The van der Waals surface area contributed by atoms with Gasteiger partial charge in [-0.3, -0.25) is 14.4 Å². The van der Waals surface area contributed by atoms with Gasteiger partial charge in [0.25, 0.3) is 11.8 Å². The third-order valence-electron chi connectivity index (χ3n) is 8.29. The normalized spacial score (nSPS) is 11.7. The van der Waals surface area contributed by atoms with Crippen molar-refractivity contribution >= 4 is 57.7 Å². The summed E-state index contributed by atoms with van der Waals surface area (Å²) in [4.78, 5) is 47.5. The van der Waals surface area contributed by atoms with Gasteiger partial charge < -0.3 is 25.4 Å². The third kappa shape index (κ3) is 9.43. The van der Waals surface area contributed by atoms with Gasteiger partial charge in [-0.2, -0.15) is 0 Å². The van der Waals surface area contributed by atoms with Crippen molar-refractivity contribution in [3.05, 3.63) is 160 Å². The van der Waals surface area contributed by atoms with Gasteiger partial charge in [0.05, 0.1) is 19.9 Å². The molecule has 3 amide bonds. The molecule has 1 atom stereocenters. The van der Waals surface area contributed by atoms with Crippen LogP contribution in [0.25, 0.3) is 17.3 Å². The maximum absolute atomic E-state index is 14.0. The summed E-state index contributed by atoms with van der Waals surface area (Å²) in [5.41, 5.74) is 5.28. The Morgan fingerprint density at radius 1 is 0.759 bits per heavy atom. The van der Waals surface area contributed by atoms with Crippen LogP contribution in [0.5, 0.6) is 11.5 Å². The first-order valence-corrected chi connectivity index (χ1v) is 18.7. The molecule has 54 heavy (non-hydrogen) atoms. The molecule has 0 aliphatic heterocycles. The maximum Gasteiger partial charge on any atom is 0.272 e. The quantitative estimate of drug-likeness (QED) is 0.0795. The molecule has 1 aromatic heterocycles. The highest BCUT2D eigenvalue weighted by Crippen LogP contribution is 2.38. The second-order valence-electron chi connectivity index (χ2n) is 12.2. The number of aromatic nitrogens is 1. The molecule has 0 saturated carbocycles. The molecular formula is C43H38N4O5S2. The predicted octanol–water partition coefficient (Wildman–Crippen LogP) is 9.33. The van der Waals surface area contributed by atoms with E-state index in [0.29, 0.717) is 33.4 Å². The number of rotatable bonds is 13. The van der Waals surface area contributed by atoms with E-state index in [1.54, 1.807) is 66.7 Å². The average molecular weight is 755 g/mol. The van der Waals surface area contributed by atoms with Crippen LogP contribution in [-0.4, -0.2) is 36.9 Å². The van der Waals surface area contributed by atoms with Crippen molar-refractivity contribution in [2.24, 2.45) is 0 Å². The summed E-state index contributed by atoms with van der Waals surface area (Å²) in [7, 11) is 3.06. The zero-order valence-corrected chi connectivity index (χ0v) is 31.7. The highest BCUT2D eigenvalue weighted by atomic mass is 32.2. The van der Waals surface area contributed by atoms with E-state index < -0.39 is 17.1 Å². The second kappa shape index (κ2) is 17.6. The number of hydrogen-bond donors (Lipinski definition) is 3. The van der Waals surface area contributed by atoms with E-state index in [9.17, 15) is 14.4 Å². The van der Waals surface area contributed by atoms with Gasteiger partial charge in [0.15, 0.2) is 16.6 Å². The molecule has 5 aromatic carbocycles. The van der Waals surface area contributed by atoms with E-state index in [2.05, 4.69) is 16.0 Å². The van der Waals surface area contributed by atoms with Crippen molar-refractivity contribution in [1.82, 2.24) is 10.3 Å². The van der Waals surface area contributed by atoms with E-state index in [-0.39, 0.29) is 11.6 Å². The molecule has 9 nitrogen and oxygen atoms in total. The van der Waals surface area contributed by atoms with Gasteiger partial charge in [0, 0.05) is 26.6 Å². The first-order chi connectivity index (χ1) is 26.2. The molecule has 0 bridgehead atoms. The molecule has 0 radical (unpaired) electrons. The van der Waals surface area contributed by atoms with Crippen LogP contribution >= 0.6 is 23.1 Å². The van der Waals surface area contributed by atoms with Crippen LogP contribution < -0.4 is 25.4 Å². The molecular weight excluding hydrogens is 717 g/mol. The van der Waals surface area contributed by atoms with Gasteiger partial charge in [-0.05, 0) is 73.5 Å². The number of benzene rings is 5. The fraction of sp³-hybridized carbons (Fsp3) is 0.116. The molecule has 6 aromatic rings. The van der Waals surface area contributed by atoms with Gasteiger partial charge in [-0.15, -0.1) is 23.1 Å². The van der Waals surface area contributed by atoms with Crippen LogP contribution in [0.15, 0.2) is 138 Å². The summed E-state index contributed by atoms with van der Waals surface area (Å²) in [5.74, 6) is -0.219. The summed E-state index contributed by atoms with van der Waals surface area (Å²) in [6, 6.07) is 38.7. The number of methoxy groups -OCH3 is 2. The largest absolute Gasteiger partial charge is 0.493 e. The number of thiazole rings is 1. The number of hydrogen-bond acceptors (Lipinski definition) is 8. The molecule has 272 valence electrons. The zero-order chi connectivity index (χ0) is 38.0. The van der Waals surface area contributed by atoms with Crippen LogP contribution in [0.3, 0.4) is 0 Å². The lowest BCUT2D eigenvalue weighted by Gasteiger charge is -2.17. The molecule has 3 N–H and O–H groups in total. The maximum atomic E-state index is 14.0. The Morgan fingerprint density at radius 2 is 1.46 bits per heavy atom. The summed E-state index contributed by atoms with van der Waals surface area (Å²) < 4.78 is 10.8. The van der Waals surface area contributed by atoms with Crippen molar-refractivity contribution in [3.63, 3.8) is 0 Å². The molecule has 0 spiro atoms. The topological polar surface area (TPSA) is 119 Å². The minimum atomic E-state index is -0.630. The van der Waals surface area contributed by atoms with Crippen molar-refractivity contribution in [3.8, 4) is 22.8 Å². The minimum absolute atomic E-state index is 0.0133. The average Bonchev–Trinajstić information content (AvgIpc) is 3.56. The molecule has 0 aliphatic rings. The Morgan fingerprint density at radius 3 is 2.17 bits per heavy atom. The number of carbonyl (C=O) groups is 3. The highest BCUT2D eigenvalue weighted by molar-refractivity contribution is 8.00. The second-order valence-corrected chi connectivity index (χ2v) is 14.5. The molecule has 1 unspecified atom stereocenters. The van der Waals surface area contributed by atoms with Gasteiger partial charge in [-0.1, -0.05) is 90.5 Å². The van der Waals surface area contributed by atoms with Crippen LogP contribution in [0.4, 0.5) is 10.8 Å². The predicted molar refractivity (Wildman–Crippen MR) is 217 cm³/mol. The van der Waals surface area contributed by atoms with E-state index in [1.807, 2.05) is 80.6 Å². The first kappa shape index (κ1) is 37.6. The van der Waals surface area contributed by atoms with Gasteiger partial charge in [-0.25, -0.2) is 4.98 Å². The number of thioether (sulfide) groups is 1. The monoisotopic (exact) mass is 754 g/mol. The lowest BCUT2D eigenvalue weighted by Crippen LogP contribution is -2.30. The highest BCUT2D eigenvalue weighted by Gasteiger charge is 2.24. The lowest BCUT2D eigenvalue weighted by molar-refractivity contribution is -0.116. The lowest BCUT2D eigenvalue weighted by atomic mass is 10.1. The number of aryl methyl sites for hydroxylation is 2. The van der Waals surface area contributed by atoms with Gasteiger partial charge >= 0.3 is 0 Å².